The smallest absolute Gasteiger partial charge is 0.326 e. The van der Waals surface area contributed by atoms with Crippen molar-refractivity contribution in [1.82, 2.24) is 19.8 Å². The number of aromatic nitrogens is 2. The Morgan fingerprint density at radius 2 is 2.03 bits per heavy atom. The molecule has 0 saturated carbocycles. The van der Waals surface area contributed by atoms with Crippen molar-refractivity contribution in [3.8, 4) is 0 Å². The molecule has 0 bridgehead atoms. The molecule has 2 aromatic carbocycles. The summed E-state index contributed by atoms with van der Waals surface area (Å²) >= 11 is 15.5. The fourth-order valence-corrected chi connectivity index (χ4v) is 5.28. The van der Waals surface area contributed by atoms with Gasteiger partial charge in [-0.3, -0.25) is 9.47 Å². The van der Waals surface area contributed by atoms with Gasteiger partial charge < -0.3 is 5.32 Å². The van der Waals surface area contributed by atoms with Crippen LogP contribution in [0.1, 0.15) is 22.4 Å². The Bertz CT molecular complexity index is 1490. The molecule has 3 heterocycles. The van der Waals surface area contributed by atoms with E-state index in [1.165, 1.54) is 6.07 Å². The van der Waals surface area contributed by atoms with Crippen molar-refractivity contribution >= 4 is 62.1 Å². The highest BCUT2D eigenvalue weighted by Crippen LogP contribution is 2.33. The minimum Gasteiger partial charge on any atom is -0.333 e. The van der Waals surface area contributed by atoms with Crippen LogP contribution in [-0.4, -0.2) is 33.6 Å². The number of pyridine rings is 1. The lowest BCUT2D eigenvalue weighted by Gasteiger charge is -2.27. The molecule has 0 unspecified atom stereocenters. The minimum atomic E-state index is -0.423. The molecule has 5 nitrogen and oxygen atoms in total. The zero-order chi connectivity index (χ0) is 25.2. The summed E-state index contributed by atoms with van der Waals surface area (Å²) in [6.45, 7) is 2.61. The predicted octanol–water partition coefficient (Wildman–Crippen LogP) is 7.07. The van der Waals surface area contributed by atoms with E-state index in [4.69, 9.17) is 23.2 Å². The monoisotopic (exact) mass is 586 g/mol. The van der Waals surface area contributed by atoms with Gasteiger partial charge in [-0.15, -0.1) is 0 Å². The zero-order valence-electron chi connectivity index (χ0n) is 19.1. The van der Waals surface area contributed by atoms with Gasteiger partial charge in [-0.1, -0.05) is 57.4 Å². The van der Waals surface area contributed by atoms with Crippen molar-refractivity contribution in [2.24, 2.45) is 0 Å². The zero-order valence-corrected chi connectivity index (χ0v) is 22.2. The van der Waals surface area contributed by atoms with Crippen LogP contribution in [0.4, 0.5) is 9.18 Å². The first kappa shape index (κ1) is 25.0. The molecule has 2 aromatic heterocycles. The first-order valence-corrected chi connectivity index (χ1v) is 13.0. The maximum atomic E-state index is 13.4. The highest BCUT2D eigenvalue weighted by molar-refractivity contribution is 9.10. The predicted molar refractivity (Wildman–Crippen MR) is 146 cm³/mol. The Kier molecular flexibility index (Phi) is 7.44. The number of amides is 1. The number of hydrogen-bond acceptors (Lipinski definition) is 3. The molecule has 0 saturated heterocycles. The van der Waals surface area contributed by atoms with Gasteiger partial charge in [-0.25, -0.2) is 14.2 Å². The van der Waals surface area contributed by atoms with Crippen LogP contribution in [0.3, 0.4) is 0 Å². The lowest BCUT2D eigenvalue weighted by atomic mass is 10.0. The molecule has 0 atom stereocenters. The van der Waals surface area contributed by atoms with Gasteiger partial charge in [0.15, 0.2) is 0 Å². The van der Waals surface area contributed by atoms with E-state index in [9.17, 15) is 9.18 Å². The molecule has 184 valence electrons. The van der Waals surface area contributed by atoms with Gasteiger partial charge in [0.1, 0.15) is 11.0 Å². The second kappa shape index (κ2) is 10.7. The largest absolute Gasteiger partial charge is 0.333 e. The topological polar surface area (TPSA) is 50.2 Å². The molecular formula is C27H22BrCl2FN4O. The van der Waals surface area contributed by atoms with Gasteiger partial charge in [-0.2, -0.15) is 0 Å². The fourth-order valence-electron chi connectivity index (χ4n) is 4.54. The maximum absolute atomic E-state index is 13.4. The fraction of sp³-hybridized carbons (Fsp3) is 0.185. The number of hydrogen-bond donors (Lipinski definition) is 1. The molecule has 0 aliphatic carbocycles. The standard InChI is InChI=1S/C27H22BrCl2FN4O/c28-19-4-6-24-20(14-19)21-16-34(10-1-2-17-3-5-23(31)22(29)12-17)11-8-25(21)35(24)27(36)33-15-18-7-9-32-26(30)13-18/h1-7,9,12-14H,8,10-11,15-16H2,(H,33,36). The summed E-state index contributed by atoms with van der Waals surface area (Å²) in [7, 11) is 0. The van der Waals surface area contributed by atoms with E-state index in [2.05, 4.69) is 43.3 Å². The normalized spacial score (nSPS) is 13.9. The number of nitrogens with one attached hydrogen (secondary N) is 1. The molecule has 5 rings (SSSR count). The lowest BCUT2D eigenvalue weighted by Crippen LogP contribution is -2.34. The van der Waals surface area contributed by atoms with Crippen LogP contribution in [0.2, 0.25) is 10.2 Å². The van der Waals surface area contributed by atoms with E-state index in [1.807, 2.05) is 24.3 Å². The summed E-state index contributed by atoms with van der Waals surface area (Å²) in [5.41, 5.74) is 4.80. The van der Waals surface area contributed by atoms with Crippen molar-refractivity contribution in [1.29, 1.82) is 0 Å². The van der Waals surface area contributed by atoms with E-state index in [-0.39, 0.29) is 11.1 Å². The summed E-state index contributed by atoms with van der Waals surface area (Å²) in [5.74, 6) is -0.423. The molecule has 1 aliphatic heterocycles. The van der Waals surface area contributed by atoms with E-state index in [0.717, 1.165) is 63.8 Å². The SMILES string of the molecule is O=C(NCc1ccnc(Cl)c1)n1c2c(c3cc(Br)ccc31)CN(CC=Cc1ccc(F)c(Cl)c1)CC2. The van der Waals surface area contributed by atoms with E-state index in [1.54, 1.807) is 29.0 Å². The van der Waals surface area contributed by atoms with Crippen LogP contribution in [0.25, 0.3) is 17.0 Å². The average molecular weight is 588 g/mol. The molecule has 9 heteroatoms. The molecule has 0 radical (unpaired) electrons. The summed E-state index contributed by atoms with van der Waals surface area (Å²) in [6.07, 6.45) is 6.37. The number of halogens is 4. The van der Waals surface area contributed by atoms with E-state index >= 15 is 0 Å². The van der Waals surface area contributed by atoms with E-state index in [0.29, 0.717) is 11.7 Å². The summed E-state index contributed by atoms with van der Waals surface area (Å²) in [4.78, 5) is 19.6. The first-order valence-electron chi connectivity index (χ1n) is 11.4. The third-order valence-corrected chi connectivity index (χ3v) is 7.23. The van der Waals surface area contributed by atoms with Gasteiger partial charge in [0.05, 0.1) is 10.5 Å². The van der Waals surface area contributed by atoms with Crippen LogP contribution < -0.4 is 5.32 Å². The van der Waals surface area contributed by atoms with Crippen molar-refractivity contribution < 1.29 is 9.18 Å². The van der Waals surface area contributed by atoms with Gasteiger partial charge >= 0.3 is 6.03 Å². The second-order valence-electron chi connectivity index (χ2n) is 8.63. The van der Waals surface area contributed by atoms with Gasteiger partial charge in [0.2, 0.25) is 0 Å². The van der Waals surface area contributed by atoms with Crippen molar-refractivity contribution in [3.63, 3.8) is 0 Å². The van der Waals surface area contributed by atoms with Crippen molar-refractivity contribution in [3.05, 3.63) is 104 Å². The number of nitrogens with zero attached hydrogens (tertiary/aromatic N) is 3. The van der Waals surface area contributed by atoms with E-state index < -0.39 is 5.82 Å². The number of fused-ring (bicyclic) bond motifs is 3. The third-order valence-electron chi connectivity index (χ3n) is 6.24. The number of carbonyl (C=O) groups excluding carboxylic acids is 1. The second-order valence-corrected chi connectivity index (χ2v) is 10.3. The Morgan fingerprint density at radius 3 is 2.83 bits per heavy atom. The Balaban J connectivity index is 1.36. The number of carbonyl (C=O) groups is 1. The highest BCUT2D eigenvalue weighted by Gasteiger charge is 2.26. The molecule has 4 aromatic rings. The summed E-state index contributed by atoms with van der Waals surface area (Å²) in [5, 5.41) is 4.59. The Morgan fingerprint density at radius 1 is 1.17 bits per heavy atom. The first-order chi connectivity index (χ1) is 17.4. The lowest BCUT2D eigenvalue weighted by molar-refractivity contribution is 0.240. The summed E-state index contributed by atoms with van der Waals surface area (Å²) in [6, 6.07) is 14.1. The third kappa shape index (κ3) is 5.34. The van der Waals surface area contributed by atoms with Gasteiger partial charge in [-0.05, 0) is 59.2 Å². The number of benzene rings is 2. The maximum Gasteiger partial charge on any atom is 0.326 e. The van der Waals surface area contributed by atoms with Crippen LogP contribution in [0.5, 0.6) is 0 Å². The number of rotatable bonds is 5. The van der Waals surface area contributed by atoms with Crippen LogP contribution in [-0.2, 0) is 19.5 Å². The minimum absolute atomic E-state index is 0.114. The average Bonchev–Trinajstić information content (AvgIpc) is 3.18. The molecule has 0 spiro atoms. The van der Waals surface area contributed by atoms with Crippen molar-refractivity contribution in [2.45, 2.75) is 19.5 Å². The van der Waals surface area contributed by atoms with Crippen LogP contribution >= 0.6 is 39.1 Å². The Labute approximate surface area is 226 Å². The molecular weight excluding hydrogens is 566 g/mol. The molecule has 36 heavy (non-hydrogen) atoms. The Hall–Kier alpha value is -2.71. The van der Waals surface area contributed by atoms with Crippen molar-refractivity contribution in [2.75, 3.05) is 13.1 Å². The summed E-state index contributed by atoms with van der Waals surface area (Å²) < 4.78 is 16.2. The quantitative estimate of drug-likeness (QED) is 0.254. The molecule has 1 N–H and O–H groups in total. The molecule has 1 amide bonds. The van der Waals surface area contributed by atoms with Crippen LogP contribution in [0, 0.1) is 5.82 Å². The highest BCUT2D eigenvalue weighted by atomic mass is 79.9. The van der Waals surface area contributed by atoms with Gasteiger partial charge in [0, 0.05) is 54.3 Å². The molecule has 0 fully saturated rings. The van der Waals surface area contributed by atoms with Crippen LogP contribution in [0.15, 0.2) is 65.3 Å². The van der Waals surface area contributed by atoms with Gasteiger partial charge in [0.25, 0.3) is 0 Å². The molecule has 1 aliphatic rings.